The molecule has 0 aliphatic rings. The van der Waals surface area contributed by atoms with Crippen molar-refractivity contribution >= 4 is 29.4 Å². The Labute approximate surface area is 175 Å². The van der Waals surface area contributed by atoms with Crippen LogP contribution in [0.25, 0.3) is 0 Å². The molecule has 0 unspecified atom stereocenters. The van der Waals surface area contributed by atoms with Gasteiger partial charge < -0.3 is 15.4 Å². The van der Waals surface area contributed by atoms with Crippen molar-refractivity contribution in [1.29, 1.82) is 0 Å². The van der Waals surface area contributed by atoms with Crippen molar-refractivity contribution in [2.45, 2.75) is 25.7 Å². The summed E-state index contributed by atoms with van der Waals surface area (Å²) in [7, 11) is 0. The number of carbonyl (C=O) groups is 3. The molecule has 0 aliphatic carbocycles. The molecule has 0 bridgehead atoms. The Balaban J connectivity index is 1.50. The number of carbonyl (C=O) groups excluding carboxylic acids is 3. The smallest absolute Gasteiger partial charge is 0.306 e. The van der Waals surface area contributed by atoms with Crippen LogP contribution in [0, 0.1) is 0 Å². The molecule has 0 spiro atoms. The van der Waals surface area contributed by atoms with Gasteiger partial charge in [0.15, 0.2) is 6.61 Å². The fraction of sp³-hybridized carbons (Fsp3) is 0.318. The molecule has 0 atom stereocenters. The van der Waals surface area contributed by atoms with Crippen LogP contribution < -0.4 is 10.6 Å². The summed E-state index contributed by atoms with van der Waals surface area (Å²) in [5.41, 5.74) is 1.72. The number of ether oxygens (including phenoxy) is 1. The number of hydrogen-bond acceptors (Lipinski definition) is 4. The van der Waals surface area contributed by atoms with E-state index in [0.29, 0.717) is 30.1 Å². The first-order valence-corrected chi connectivity index (χ1v) is 9.92. The van der Waals surface area contributed by atoms with Gasteiger partial charge >= 0.3 is 5.97 Å². The highest BCUT2D eigenvalue weighted by Crippen LogP contribution is 2.09. The molecule has 0 fully saturated rings. The second kappa shape index (κ2) is 12.6. The third-order valence-electron chi connectivity index (χ3n) is 4.12. The van der Waals surface area contributed by atoms with Gasteiger partial charge in [0.1, 0.15) is 0 Å². The Morgan fingerprint density at radius 2 is 1.55 bits per heavy atom. The minimum atomic E-state index is -0.467. The predicted octanol–water partition coefficient (Wildman–Crippen LogP) is 3.14. The normalized spacial score (nSPS) is 10.2. The van der Waals surface area contributed by atoms with E-state index in [1.54, 1.807) is 24.3 Å². The number of benzene rings is 2. The van der Waals surface area contributed by atoms with Crippen LogP contribution in [0.2, 0.25) is 5.02 Å². The summed E-state index contributed by atoms with van der Waals surface area (Å²) < 4.78 is 4.95. The van der Waals surface area contributed by atoms with Crippen molar-refractivity contribution < 1.29 is 19.1 Å². The molecule has 0 aliphatic heterocycles. The lowest BCUT2D eigenvalue weighted by Crippen LogP contribution is -2.30. The molecule has 2 amide bonds. The Hall–Kier alpha value is -2.86. The summed E-state index contributed by atoms with van der Waals surface area (Å²) in [5, 5.41) is 6.01. The van der Waals surface area contributed by atoms with E-state index in [0.717, 1.165) is 12.8 Å². The Kier molecular flexibility index (Phi) is 9.72. The highest BCUT2D eigenvalue weighted by molar-refractivity contribution is 6.30. The third kappa shape index (κ3) is 9.25. The summed E-state index contributed by atoms with van der Waals surface area (Å²) in [4.78, 5) is 35.3. The highest BCUT2D eigenvalue weighted by atomic mass is 35.5. The van der Waals surface area contributed by atoms with E-state index >= 15 is 0 Å². The lowest BCUT2D eigenvalue weighted by Gasteiger charge is -2.07. The van der Waals surface area contributed by atoms with Crippen molar-refractivity contribution in [2.24, 2.45) is 0 Å². The molecule has 0 radical (unpaired) electrons. The van der Waals surface area contributed by atoms with Gasteiger partial charge in [0, 0.05) is 30.1 Å². The van der Waals surface area contributed by atoms with E-state index in [4.69, 9.17) is 16.3 Å². The van der Waals surface area contributed by atoms with Gasteiger partial charge in [-0.1, -0.05) is 41.9 Å². The zero-order valence-electron chi connectivity index (χ0n) is 16.2. The van der Waals surface area contributed by atoms with Crippen LogP contribution in [0.1, 0.15) is 35.2 Å². The molecule has 6 nitrogen and oxygen atoms in total. The average Bonchev–Trinajstić information content (AvgIpc) is 2.74. The first-order chi connectivity index (χ1) is 14.0. The SMILES string of the molecule is O=C(COC(=O)CCCNC(=O)c1ccc(Cl)cc1)NCCCc1ccccc1. The van der Waals surface area contributed by atoms with Gasteiger partial charge in [-0.2, -0.15) is 0 Å². The lowest BCUT2D eigenvalue weighted by molar-refractivity contribution is -0.148. The molecule has 2 aromatic carbocycles. The van der Waals surface area contributed by atoms with E-state index in [2.05, 4.69) is 10.6 Å². The first-order valence-electron chi connectivity index (χ1n) is 9.54. The van der Waals surface area contributed by atoms with Crippen LogP contribution in [0.5, 0.6) is 0 Å². The summed E-state index contributed by atoms with van der Waals surface area (Å²) in [6, 6.07) is 16.6. The van der Waals surface area contributed by atoms with Gasteiger partial charge in [0.05, 0.1) is 0 Å². The molecule has 0 heterocycles. The van der Waals surface area contributed by atoms with Gasteiger partial charge in [0.2, 0.25) is 0 Å². The fourth-order valence-electron chi connectivity index (χ4n) is 2.57. The summed E-state index contributed by atoms with van der Waals surface area (Å²) in [5.74, 6) is -1.02. The lowest BCUT2D eigenvalue weighted by atomic mass is 10.1. The Morgan fingerprint density at radius 3 is 2.28 bits per heavy atom. The number of nitrogens with one attached hydrogen (secondary N) is 2. The van der Waals surface area contributed by atoms with E-state index in [1.807, 2.05) is 30.3 Å². The number of aryl methyl sites for hydroxylation is 1. The van der Waals surface area contributed by atoms with Gasteiger partial charge in [0.25, 0.3) is 11.8 Å². The van der Waals surface area contributed by atoms with Gasteiger partial charge in [-0.25, -0.2) is 0 Å². The fourth-order valence-corrected chi connectivity index (χ4v) is 2.70. The zero-order chi connectivity index (χ0) is 20.9. The number of halogens is 1. The van der Waals surface area contributed by atoms with Crippen molar-refractivity contribution in [2.75, 3.05) is 19.7 Å². The second-order valence-electron chi connectivity index (χ2n) is 6.47. The number of esters is 1. The molecule has 7 heteroatoms. The van der Waals surface area contributed by atoms with Gasteiger partial charge in [-0.15, -0.1) is 0 Å². The number of rotatable bonds is 11. The summed E-state index contributed by atoms with van der Waals surface area (Å²) in [6.07, 6.45) is 2.25. The molecule has 2 rings (SSSR count). The third-order valence-corrected chi connectivity index (χ3v) is 4.37. The number of hydrogen-bond donors (Lipinski definition) is 2. The molecule has 2 aromatic rings. The van der Waals surface area contributed by atoms with Crippen LogP contribution >= 0.6 is 11.6 Å². The minimum absolute atomic E-state index is 0.127. The summed E-state index contributed by atoms with van der Waals surface area (Å²) >= 11 is 5.78. The van der Waals surface area contributed by atoms with Gasteiger partial charge in [-0.3, -0.25) is 14.4 Å². The Bertz CT molecular complexity index is 794. The van der Waals surface area contributed by atoms with Crippen molar-refractivity contribution in [1.82, 2.24) is 10.6 Å². The maximum absolute atomic E-state index is 11.9. The zero-order valence-corrected chi connectivity index (χ0v) is 16.9. The quantitative estimate of drug-likeness (QED) is 0.435. The van der Waals surface area contributed by atoms with E-state index in [9.17, 15) is 14.4 Å². The van der Waals surface area contributed by atoms with Crippen LogP contribution in [0.3, 0.4) is 0 Å². The molecular weight excluding hydrogens is 392 g/mol. The number of amides is 2. The van der Waals surface area contributed by atoms with Crippen LogP contribution in [0.4, 0.5) is 0 Å². The molecule has 0 saturated carbocycles. The van der Waals surface area contributed by atoms with Crippen LogP contribution in [-0.4, -0.2) is 37.5 Å². The Morgan fingerprint density at radius 1 is 0.862 bits per heavy atom. The highest BCUT2D eigenvalue weighted by Gasteiger charge is 2.08. The molecule has 0 aromatic heterocycles. The predicted molar refractivity (Wildman–Crippen MR) is 112 cm³/mol. The van der Waals surface area contributed by atoms with Crippen molar-refractivity contribution in [3.63, 3.8) is 0 Å². The molecule has 154 valence electrons. The second-order valence-corrected chi connectivity index (χ2v) is 6.90. The van der Waals surface area contributed by atoms with Crippen LogP contribution in [0.15, 0.2) is 54.6 Å². The minimum Gasteiger partial charge on any atom is -0.456 e. The largest absolute Gasteiger partial charge is 0.456 e. The molecular formula is C22H25ClN2O4. The van der Waals surface area contributed by atoms with E-state index in [-0.39, 0.29) is 24.8 Å². The molecule has 0 saturated heterocycles. The van der Waals surface area contributed by atoms with E-state index < -0.39 is 5.97 Å². The maximum atomic E-state index is 11.9. The monoisotopic (exact) mass is 416 g/mol. The molecule has 29 heavy (non-hydrogen) atoms. The maximum Gasteiger partial charge on any atom is 0.306 e. The van der Waals surface area contributed by atoms with Gasteiger partial charge in [-0.05, 0) is 49.1 Å². The van der Waals surface area contributed by atoms with E-state index in [1.165, 1.54) is 5.56 Å². The van der Waals surface area contributed by atoms with Crippen LogP contribution in [-0.2, 0) is 20.7 Å². The molecule has 2 N–H and O–H groups in total. The first kappa shape index (κ1) is 22.4. The topological polar surface area (TPSA) is 84.5 Å². The summed E-state index contributed by atoms with van der Waals surface area (Å²) in [6.45, 7) is 0.575. The van der Waals surface area contributed by atoms with Crippen molar-refractivity contribution in [3.8, 4) is 0 Å². The standard InChI is InChI=1S/C22H25ClN2O4/c23-19-12-10-18(11-13-19)22(28)25-15-5-9-21(27)29-16-20(26)24-14-4-8-17-6-2-1-3-7-17/h1-3,6-7,10-13H,4-5,8-9,14-16H2,(H,24,26)(H,25,28). The van der Waals surface area contributed by atoms with Crippen molar-refractivity contribution in [3.05, 3.63) is 70.7 Å². The average molecular weight is 417 g/mol.